The van der Waals surface area contributed by atoms with Gasteiger partial charge < -0.3 is 10.1 Å². The molecule has 2 aromatic rings. The van der Waals surface area contributed by atoms with Gasteiger partial charge in [-0.1, -0.05) is 37.0 Å². The van der Waals surface area contributed by atoms with Crippen molar-refractivity contribution >= 4 is 46.6 Å². The second kappa shape index (κ2) is 10.1. The summed E-state index contributed by atoms with van der Waals surface area (Å²) in [6.07, 6.45) is -0.914. The minimum atomic E-state index is -0.914. The number of hydrazine groups is 1. The van der Waals surface area contributed by atoms with E-state index >= 15 is 0 Å². The molecule has 9 heteroatoms. The van der Waals surface area contributed by atoms with E-state index in [1.54, 1.807) is 38.1 Å². The normalized spacial score (nSPS) is 11.5. The molecule has 3 amide bonds. The predicted molar refractivity (Wildman–Crippen MR) is 112 cm³/mol. The van der Waals surface area contributed by atoms with Crippen molar-refractivity contribution in [3.8, 4) is 5.75 Å². The lowest BCUT2D eigenvalue weighted by atomic mass is 10.1. The fourth-order valence-corrected chi connectivity index (χ4v) is 2.55. The van der Waals surface area contributed by atoms with Crippen LogP contribution in [0.25, 0.3) is 0 Å². The number of hydrogen-bond donors (Lipinski definition) is 3. The van der Waals surface area contributed by atoms with Crippen molar-refractivity contribution in [2.75, 3.05) is 5.32 Å². The van der Waals surface area contributed by atoms with Crippen molar-refractivity contribution in [3.05, 3.63) is 58.1 Å². The summed E-state index contributed by atoms with van der Waals surface area (Å²) in [7, 11) is 0. The summed E-state index contributed by atoms with van der Waals surface area (Å²) in [6, 6.07) is 10.9. The summed E-state index contributed by atoms with van der Waals surface area (Å²) in [6.45, 7) is 5.08. The van der Waals surface area contributed by atoms with Gasteiger partial charge in [-0.05, 0) is 49.4 Å². The van der Waals surface area contributed by atoms with Gasteiger partial charge in [-0.2, -0.15) is 0 Å². The maximum atomic E-state index is 12.2. The van der Waals surface area contributed by atoms with Gasteiger partial charge in [-0.3, -0.25) is 25.2 Å². The first-order valence-electron chi connectivity index (χ1n) is 8.80. The molecule has 0 aliphatic heterocycles. The van der Waals surface area contributed by atoms with Crippen LogP contribution in [0.1, 0.15) is 31.1 Å². The Bertz CT molecular complexity index is 901. The van der Waals surface area contributed by atoms with E-state index in [4.69, 9.17) is 27.9 Å². The molecule has 29 heavy (non-hydrogen) atoms. The number of hydrogen-bond acceptors (Lipinski definition) is 4. The zero-order valence-electron chi connectivity index (χ0n) is 16.1. The maximum absolute atomic E-state index is 12.2. The average molecular weight is 438 g/mol. The van der Waals surface area contributed by atoms with Crippen LogP contribution in [0, 0.1) is 5.92 Å². The van der Waals surface area contributed by atoms with Crippen molar-refractivity contribution in [2.45, 2.75) is 26.9 Å². The monoisotopic (exact) mass is 437 g/mol. The highest BCUT2D eigenvalue weighted by atomic mass is 35.5. The topological polar surface area (TPSA) is 96.5 Å². The van der Waals surface area contributed by atoms with E-state index < -0.39 is 17.9 Å². The van der Waals surface area contributed by atoms with Gasteiger partial charge in [0.15, 0.2) is 6.10 Å². The van der Waals surface area contributed by atoms with Crippen LogP contribution in [0.3, 0.4) is 0 Å². The van der Waals surface area contributed by atoms with Crippen LogP contribution >= 0.6 is 23.2 Å². The lowest BCUT2D eigenvalue weighted by Gasteiger charge is -2.16. The smallest absolute Gasteiger partial charge is 0.279 e. The van der Waals surface area contributed by atoms with E-state index in [2.05, 4.69) is 16.2 Å². The molecule has 2 aromatic carbocycles. The Labute approximate surface area is 178 Å². The Morgan fingerprint density at radius 1 is 0.897 bits per heavy atom. The first-order valence-corrected chi connectivity index (χ1v) is 9.55. The molecule has 154 valence electrons. The Hall–Kier alpha value is -2.77. The fraction of sp³-hybridized carbons (Fsp3) is 0.250. The lowest BCUT2D eigenvalue weighted by molar-refractivity contribution is -0.128. The number of carbonyl (C=O) groups is 3. The maximum Gasteiger partial charge on any atom is 0.279 e. The third-order valence-electron chi connectivity index (χ3n) is 3.81. The van der Waals surface area contributed by atoms with E-state index in [1.807, 2.05) is 0 Å². The van der Waals surface area contributed by atoms with Gasteiger partial charge >= 0.3 is 0 Å². The number of halogens is 2. The van der Waals surface area contributed by atoms with Crippen LogP contribution < -0.4 is 20.9 Å². The zero-order chi connectivity index (χ0) is 21.6. The van der Waals surface area contributed by atoms with Gasteiger partial charge in [-0.25, -0.2) is 0 Å². The van der Waals surface area contributed by atoms with Crippen molar-refractivity contribution in [1.82, 2.24) is 10.9 Å². The minimum Gasteiger partial charge on any atom is -0.479 e. The molecule has 1 atom stereocenters. The van der Waals surface area contributed by atoms with Crippen molar-refractivity contribution in [2.24, 2.45) is 5.92 Å². The van der Waals surface area contributed by atoms with Crippen LogP contribution in [0.4, 0.5) is 5.69 Å². The first-order chi connectivity index (χ1) is 13.7. The number of rotatable bonds is 6. The molecule has 0 aliphatic rings. The Morgan fingerprint density at radius 3 is 2.14 bits per heavy atom. The summed E-state index contributed by atoms with van der Waals surface area (Å²) in [4.78, 5) is 36.0. The first kappa shape index (κ1) is 22.5. The molecule has 0 aliphatic carbocycles. The molecule has 0 spiro atoms. The number of nitrogens with one attached hydrogen (secondary N) is 3. The van der Waals surface area contributed by atoms with Gasteiger partial charge in [0.05, 0.1) is 5.02 Å². The van der Waals surface area contributed by atoms with Gasteiger partial charge in [-0.15, -0.1) is 0 Å². The molecule has 0 bridgehead atoms. The summed E-state index contributed by atoms with van der Waals surface area (Å²) < 4.78 is 5.48. The number of ether oxygens (including phenoxy) is 1. The largest absolute Gasteiger partial charge is 0.479 e. The predicted octanol–water partition coefficient (Wildman–Crippen LogP) is 3.82. The Morgan fingerprint density at radius 2 is 1.55 bits per heavy atom. The molecule has 0 saturated heterocycles. The van der Waals surface area contributed by atoms with Crippen molar-refractivity contribution < 1.29 is 19.1 Å². The molecule has 2 rings (SSSR count). The highest BCUT2D eigenvalue weighted by Gasteiger charge is 2.17. The Kier molecular flexibility index (Phi) is 7.87. The van der Waals surface area contributed by atoms with E-state index in [-0.39, 0.29) is 16.8 Å². The molecule has 7 nitrogen and oxygen atoms in total. The van der Waals surface area contributed by atoms with Crippen LogP contribution in [-0.2, 0) is 9.59 Å². The van der Waals surface area contributed by atoms with Crippen LogP contribution in [-0.4, -0.2) is 23.8 Å². The molecule has 0 saturated carbocycles. The molecule has 1 unspecified atom stereocenters. The molecular weight excluding hydrogens is 417 g/mol. The van der Waals surface area contributed by atoms with Crippen LogP contribution in [0.5, 0.6) is 5.75 Å². The van der Waals surface area contributed by atoms with Gasteiger partial charge in [0.2, 0.25) is 5.91 Å². The third-order valence-corrected chi connectivity index (χ3v) is 4.34. The summed E-state index contributed by atoms with van der Waals surface area (Å²) in [5.74, 6) is -1.06. The number of anilines is 1. The summed E-state index contributed by atoms with van der Waals surface area (Å²) in [5.41, 5.74) is 5.48. The second-order valence-corrected chi connectivity index (χ2v) is 7.34. The highest BCUT2D eigenvalue weighted by molar-refractivity contribution is 6.35. The molecule has 0 aromatic heterocycles. The molecule has 0 heterocycles. The highest BCUT2D eigenvalue weighted by Crippen LogP contribution is 2.28. The Balaban J connectivity index is 1.87. The average Bonchev–Trinajstić information content (AvgIpc) is 2.68. The summed E-state index contributed by atoms with van der Waals surface area (Å²) >= 11 is 11.8. The standard InChI is InChI=1S/C20H21Cl2N3O4/c1-11(2)18(26)23-15-7-4-13(5-8-15)20(28)25-24-19(27)12(3)29-17-9-6-14(21)10-16(17)22/h4-12H,1-3H3,(H,23,26)(H,24,27)(H,25,28). The van der Waals surface area contributed by atoms with Gasteiger partial charge in [0, 0.05) is 22.2 Å². The number of carbonyl (C=O) groups excluding carboxylic acids is 3. The van der Waals surface area contributed by atoms with E-state index in [0.717, 1.165) is 0 Å². The molecule has 0 fully saturated rings. The van der Waals surface area contributed by atoms with Crippen molar-refractivity contribution in [3.63, 3.8) is 0 Å². The van der Waals surface area contributed by atoms with Crippen molar-refractivity contribution in [1.29, 1.82) is 0 Å². The van der Waals surface area contributed by atoms with Gasteiger partial charge in [0.1, 0.15) is 5.75 Å². The zero-order valence-corrected chi connectivity index (χ0v) is 17.6. The van der Waals surface area contributed by atoms with E-state index in [1.165, 1.54) is 25.1 Å². The fourth-order valence-electron chi connectivity index (χ4n) is 2.10. The van der Waals surface area contributed by atoms with Crippen LogP contribution in [0.15, 0.2) is 42.5 Å². The van der Waals surface area contributed by atoms with E-state index in [9.17, 15) is 14.4 Å². The number of amides is 3. The SMILES string of the molecule is CC(C)C(=O)Nc1ccc(C(=O)NNC(=O)C(C)Oc2ccc(Cl)cc2Cl)cc1. The summed E-state index contributed by atoms with van der Waals surface area (Å²) in [5, 5.41) is 3.44. The van der Waals surface area contributed by atoms with Gasteiger partial charge in [0.25, 0.3) is 11.8 Å². The van der Waals surface area contributed by atoms with E-state index in [0.29, 0.717) is 22.0 Å². The quantitative estimate of drug-likeness (QED) is 0.598. The molecule has 0 radical (unpaired) electrons. The lowest BCUT2D eigenvalue weighted by Crippen LogP contribution is -2.47. The molecule has 3 N–H and O–H groups in total. The minimum absolute atomic E-state index is 0.121. The number of benzene rings is 2. The second-order valence-electron chi connectivity index (χ2n) is 6.50. The van der Waals surface area contributed by atoms with Crippen LogP contribution in [0.2, 0.25) is 10.0 Å². The molecular formula is C20H21Cl2N3O4. The third kappa shape index (κ3) is 6.66.